The number of hydrogen-bond donors (Lipinski definition) is 2. The fourth-order valence-corrected chi connectivity index (χ4v) is 1.55. The van der Waals surface area contributed by atoms with Crippen LogP contribution in [0.5, 0.6) is 0 Å². The Balaban J connectivity index is 1.89. The molecular weight excluding hydrogens is 208 g/mol. The molecule has 6 nitrogen and oxygen atoms in total. The predicted octanol–water partition coefficient (Wildman–Crippen LogP) is 0.777. The largest absolute Gasteiger partial charge is 0.379 e. The third-order valence-corrected chi connectivity index (χ3v) is 2.46. The van der Waals surface area contributed by atoms with Crippen molar-refractivity contribution >= 4 is 11.8 Å². The lowest BCUT2D eigenvalue weighted by Crippen LogP contribution is -2.48. The van der Waals surface area contributed by atoms with Crippen molar-refractivity contribution in [2.24, 2.45) is 0 Å². The van der Waals surface area contributed by atoms with E-state index in [4.69, 9.17) is 4.74 Å². The van der Waals surface area contributed by atoms with Gasteiger partial charge in [0.1, 0.15) is 12.1 Å². The predicted molar refractivity (Wildman–Crippen MR) is 58.0 cm³/mol. The third-order valence-electron chi connectivity index (χ3n) is 2.46. The second kappa shape index (κ2) is 4.44. The summed E-state index contributed by atoms with van der Waals surface area (Å²) >= 11 is 0. The van der Waals surface area contributed by atoms with E-state index in [1.807, 2.05) is 6.92 Å². The maximum atomic E-state index is 11.6. The zero-order valence-electron chi connectivity index (χ0n) is 9.06. The van der Waals surface area contributed by atoms with Crippen LogP contribution in [0.25, 0.3) is 0 Å². The molecule has 1 saturated heterocycles. The van der Waals surface area contributed by atoms with E-state index in [2.05, 4.69) is 20.6 Å². The number of carbonyl (C=O) groups is 1. The van der Waals surface area contributed by atoms with Crippen LogP contribution in [-0.4, -0.2) is 34.8 Å². The van der Waals surface area contributed by atoms with Gasteiger partial charge in [0.2, 0.25) is 0 Å². The molecule has 86 valence electrons. The molecular formula is C10H14N4O2. The fourth-order valence-electron chi connectivity index (χ4n) is 1.55. The summed E-state index contributed by atoms with van der Waals surface area (Å²) in [6, 6.07) is 1.36. The number of anilines is 1. The minimum absolute atomic E-state index is 0.272. The molecule has 0 saturated carbocycles. The molecule has 1 aliphatic rings. The summed E-state index contributed by atoms with van der Waals surface area (Å²) in [5, 5.41) is 5.51. The summed E-state index contributed by atoms with van der Waals surface area (Å²) in [5.74, 6) is 0.481. The molecule has 1 atom stereocenters. The molecule has 2 amide bonds. The van der Waals surface area contributed by atoms with Crippen LogP contribution >= 0.6 is 0 Å². The third kappa shape index (κ3) is 2.66. The van der Waals surface area contributed by atoms with Gasteiger partial charge in [0, 0.05) is 12.8 Å². The molecule has 2 heterocycles. The van der Waals surface area contributed by atoms with E-state index in [0.29, 0.717) is 19.0 Å². The Morgan fingerprint density at radius 3 is 3.12 bits per heavy atom. The van der Waals surface area contributed by atoms with Crippen molar-refractivity contribution in [1.82, 2.24) is 15.3 Å². The van der Waals surface area contributed by atoms with Crippen molar-refractivity contribution in [2.75, 3.05) is 18.5 Å². The van der Waals surface area contributed by atoms with E-state index in [1.165, 1.54) is 6.33 Å². The average molecular weight is 222 g/mol. The van der Waals surface area contributed by atoms with Gasteiger partial charge in [0.05, 0.1) is 12.1 Å². The number of nitrogens with one attached hydrogen (secondary N) is 2. The highest BCUT2D eigenvalue weighted by atomic mass is 16.5. The van der Waals surface area contributed by atoms with E-state index in [0.717, 1.165) is 6.42 Å². The molecule has 1 aromatic heterocycles. The molecule has 1 aromatic rings. The van der Waals surface area contributed by atoms with Crippen LogP contribution in [0, 0.1) is 0 Å². The van der Waals surface area contributed by atoms with Gasteiger partial charge in [-0.3, -0.25) is 5.32 Å². The van der Waals surface area contributed by atoms with Gasteiger partial charge in [-0.2, -0.15) is 0 Å². The highest BCUT2D eigenvalue weighted by molar-refractivity contribution is 5.88. The Morgan fingerprint density at radius 1 is 1.62 bits per heavy atom. The van der Waals surface area contributed by atoms with Gasteiger partial charge in [-0.1, -0.05) is 0 Å². The van der Waals surface area contributed by atoms with Crippen LogP contribution in [0.3, 0.4) is 0 Å². The Kier molecular flexibility index (Phi) is 3.00. The van der Waals surface area contributed by atoms with Gasteiger partial charge in [-0.15, -0.1) is 0 Å². The maximum absolute atomic E-state index is 11.6. The first-order chi connectivity index (χ1) is 7.68. The Morgan fingerprint density at radius 2 is 2.50 bits per heavy atom. The summed E-state index contributed by atoms with van der Waals surface area (Å²) in [5.41, 5.74) is -0.281. The Labute approximate surface area is 93.4 Å². The summed E-state index contributed by atoms with van der Waals surface area (Å²) in [6.07, 6.45) is 3.78. The first-order valence-corrected chi connectivity index (χ1v) is 5.11. The highest BCUT2D eigenvalue weighted by Crippen LogP contribution is 2.17. The lowest BCUT2D eigenvalue weighted by molar-refractivity contribution is 0.172. The number of aromatic nitrogens is 2. The fraction of sp³-hybridized carbons (Fsp3) is 0.500. The SMILES string of the molecule is CC1(NC(=O)Nc2ccncn2)CCOC1. The molecule has 16 heavy (non-hydrogen) atoms. The lowest BCUT2D eigenvalue weighted by Gasteiger charge is -2.23. The van der Waals surface area contributed by atoms with Crippen molar-refractivity contribution in [2.45, 2.75) is 18.9 Å². The molecule has 1 fully saturated rings. The van der Waals surface area contributed by atoms with E-state index < -0.39 is 0 Å². The van der Waals surface area contributed by atoms with Crippen molar-refractivity contribution in [3.63, 3.8) is 0 Å². The lowest BCUT2D eigenvalue weighted by atomic mass is 10.0. The van der Waals surface area contributed by atoms with Gasteiger partial charge in [0.25, 0.3) is 0 Å². The number of urea groups is 1. The van der Waals surface area contributed by atoms with E-state index in [-0.39, 0.29) is 11.6 Å². The molecule has 2 rings (SSSR count). The van der Waals surface area contributed by atoms with Crippen LogP contribution < -0.4 is 10.6 Å². The minimum Gasteiger partial charge on any atom is -0.379 e. The molecule has 0 radical (unpaired) electrons. The standard InChI is InChI=1S/C10H14N4O2/c1-10(3-5-16-6-10)14-9(15)13-8-2-4-11-7-12-8/h2,4,7H,3,5-6H2,1H3,(H2,11,12,13,14,15). The van der Waals surface area contributed by atoms with Gasteiger partial charge in [0.15, 0.2) is 0 Å². The van der Waals surface area contributed by atoms with Crippen molar-refractivity contribution < 1.29 is 9.53 Å². The second-order valence-corrected chi connectivity index (χ2v) is 4.04. The average Bonchev–Trinajstić information content (AvgIpc) is 2.66. The maximum Gasteiger partial charge on any atom is 0.320 e. The van der Waals surface area contributed by atoms with Crippen molar-refractivity contribution in [3.8, 4) is 0 Å². The van der Waals surface area contributed by atoms with Crippen LogP contribution in [0.15, 0.2) is 18.6 Å². The number of rotatable bonds is 2. The first kappa shape index (κ1) is 10.8. The van der Waals surface area contributed by atoms with Gasteiger partial charge in [-0.05, 0) is 19.4 Å². The molecule has 6 heteroatoms. The minimum atomic E-state index is -0.281. The smallest absolute Gasteiger partial charge is 0.320 e. The van der Waals surface area contributed by atoms with Gasteiger partial charge >= 0.3 is 6.03 Å². The zero-order chi connectivity index (χ0) is 11.4. The zero-order valence-corrected chi connectivity index (χ0v) is 9.06. The molecule has 0 spiro atoms. The molecule has 0 aromatic carbocycles. The summed E-state index contributed by atoms with van der Waals surface area (Å²) in [7, 11) is 0. The Bertz CT molecular complexity index is 362. The van der Waals surface area contributed by atoms with Crippen molar-refractivity contribution in [1.29, 1.82) is 0 Å². The number of nitrogens with zero attached hydrogens (tertiary/aromatic N) is 2. The van der Waals surface area contributed by atoms with E-state index in [9.17, 15) is 4.79 Å². The Hall–Kier alpha value is -1.69. The first-order valence-electron chi connectivity index (χ1n) is 5.11. The number of ether oxygens (including phenoxy) is 1. The second-order valence-electron chi connectivity index (χ2n) is 4.04. The van der Waals surface area contributed by atoms with E-state index >= 15 is 0 Å². The number of amides is 2. The normalized spacial score (nSPS) is 24.1. The quantitative estimate of drug-likeness (QED) is 0.775. The van der Waals surface area contributed by atoms with Gasteiger partial charge < -0.3 is 10.1 Å². The van der Waals surface area contributed by atoms with Crippen LogP contribution in [0.4, 0.5) is 10.6 Å². The molecule has 2 N–H and O–H groups in total. The molecule has 1 aliphatic heterocycles. The number of hydrogen-bond acceptors (Lipinski definition) is 4. The highest BCUT2D eigenvalue weighted by Gasteiger charge is 2.31. The molecule has 0 bridgehead atoms. The van der Waals surface area contributed by atoms with Gasteiger partial charge in [-0.25, -0.2) is 14.8 Å². The topological polar surface area (TPSA) is 76.1 Å². The number of carbonyl (C=O) groups excluding carboxylic acids is 1. The summed E-state index contributed by atoms with van der Waals surface area (Å²) in [6.45, 7) is 3.19. The van der Waals surface area contributed by atoms with Crippen LogP contribution in [0.2, 0.25) is 0 Å². The van der Waals surface area contributed by atoms with Crippen LogP contribution in [0.1, 0.15) is 13.3 Å². The molecule has 1 unspecified atom stereocenters. The summed E-state index contributed by atoms with van der Waals surface area (Å²) < 4.78 is 5.24. The molecule has 0 aliphatic carbocycles. The van der Waals surface area contributed by atoms with Crippen LogP contribution in [-0.2, 0) is 4.74 Å². The summed E-state index contributed by atoms with van der Waals surface area (Å²) in [4.78, 5) is 19.3. The monoisotopic (exact) mass is 222 g/mol. The van der Waals surface area contributed by atoms with Crippen molar-refractivity contribution in [3.05, 3.63) is 18.6 Å². The van der Waals surface area contributed by atoms with E-state index in [1.54, 1.807) is 12.3 Å².